The van der Waals surface area contributed by atoms with Crippen molar-refractivity contribution in [3.63, 3.8) is 0 Å². The second-order valence-electron chi connectivity index (χ2n) is 9.67. The van der Waals surface area contributed by atoms with E-state index >= 15 is 0 Å². The summed E-state index contributed by atoms with van der Waals surface area (Å²) < 4.78 is 0. The van der Waals surface area contributed by atoms with Gasteiger partial charge in [0.2, 0.25) is 0 Å². The van der Waals surface area contributed by atoms with E-state index in [1.54, 1.807) is 0 Å². The molecule has 0 radical (unpaired) electrons. The SMILES string of the molecule is CC1CN(CCCC(C)(C)C)CC(C)N1CCC(C)(C)C. The van der Waals surface area contributed by atoms with Crippen LogP contribution in [0.15, 0.2) is 0 Å². The molecule has 0 N–H and O–H groups in total. The number of piperazine rings is 1. The third-order valence-electron chi connectivity index (χ3n) is 4.70. The van der Waals surface area contributed by atoms with Crippen molar-refractivity contribution in [2.24, 2.45) is 10.8 Å². The predicted octanol–water partition coefficient (Wildman–Crippen LogP) is 4.64. The lowest BCUT2D eigenvalue weighted by Gasteiger charge is -2.45. The predicted molar refractivity (Wildman–Crippen MR) is 94.8 cm³/mol. The number of rotatable bonds is 5. The van der Waals surface area contributed by atoms with Crippen molar-refractivity contribution in [3.8, 4) is 0 Å². The van der Waals surface area contributed by atoms with Crippen molar-refractivity contribution in [1.29, 1.82) is 0 Å². The molecule has 2 unspecified atom stereocenters. The Hall–Kier alpha value is -0.0800. The molecule has 1 fully saturated rings. The minimum absolute atomic E-state index is 0.448. The monoisotopic (exact) mass is 296 g/mol. The van der Waals surface area contributed by atoms with Gasteiger partial charge in [-0.15, -0.1) is 0 Å². The first kappa shape index (κ1) is 19.0. The molecule has 0 spiro atoms. The molecule has 1 aliphatic rings. The molecule has 0 saturated carbocycles. The largest absolute Gasteiger partial charge is 0.300 e. The first-order valence-electron chi connectivity index (χ1n) is 8.96. The summed E-state index contributed by atoms with van der Waals surface area (Å²) >= 11 is 0. The van der Waals surface area contributed by atoms with Crippen LogP contribution in [0.25, 0.3) is 0 Å². The first-order chi connectivity index (χ1) is 9.48. The molecular weight excluding hydrogens is 256 g/mol. The molecule has 2 heteroatoms. The summed E-state index contributed by atoms with van der Waals surface area (Å²) in [7, 11) is 0. The van der Waals surface area contributed by atoms with Crippen molar-refractivity contribution >= 4 is 0 Å². The van der Waals surface area contributed by atoms with Gasteiger partial charge in [0.1, 0.15) is 0 Å². The maximum absolute atomic E-state index is 2.73. The molecule has 0 aromatic rings. The molecular formula is C19H40N2. The van der Waals surface area contributed by atoms with E-state index in [0.717, 1.165) is 0 Å². The molecule has 1 saturated heterocycles. The Bertz CT molecular complexity index is 286. The molecule has 1 aliphatic heterocycles. The standard InChI is InChI=1S/C19H40N2/c1-16-14-20(12-9-10-18(3,4)5)15-17(2)21(16)13-11-19(6,7)8/h16-17H,9-15H2,1-8H3. The fourth-order valence-electron chi connectivity index (χ4n) is 3.39. The summed E-state index contributed by atoms with van der Waals surface area (Å²) in [6.07, 6.45) is 3.97. The van der Waals surface area contributed by atoms with Crippen LogP contribution in [-0.2, 0) is 0 Å². The van der Waals surface area contributed by atoms with Crippen LogP contribution in [0, 0.1) is 10.8 Å². The van der Waals surface area contributed by atoms with Crippen LogP contribution in [0.2, 0.25) is 0 Å². The minimum atomic E-state index is 0.448. The summed E-state index contributed by atoms with van der Waals surface area (Å²) in [4.78, 5) is 5.42. The Kier molecular flexibility index (Phi) is 6.74. The number of nitrogens with zero attached hydrogens (tertiary/aromatic N) is 2. The molecule has 2 nitrogen and oxygen atoms in total. The second-order valence-corrected chi connectivity index (χ2v) is 9.67. The van der Waals surface area contributed by atoms with Crippen LogP contribution >= 0.6 is 0 Å². The first-order valence-corrected chi connectivity index (χ1v) is 8.96. The highest BCUT2D eigenvalue weighted by atomic mass is 15.3. The molecule has 21 heavy (non-hydrogen) atoms. The second kappa shape index (κ2) is 7.46. The summed E-state index contributed by atoms with van der Waals surface area (Å²) in [6.45, 7) is 24.0. The van der Waals surface area contributed by atoms with E-state index in [4.69, 9.17) is 0 Å². The van der Waals surface area contributed by atoms with E-state index in [1.807, 2.05) is 0 Å². The van der Waals surface area contributed by atoms with Gasteiger partial charge in [0.15, 0.2) is 0 Å². The molecule has 1 heterocycles. The van der Waals surface area contributed by atoms with Crippen LogP contribution in [0.4, 0.5) is 0 Å². The highest BCUT2D eigenvalue weighted by Crippen LogP contribution is 2.24. The van der Waals surface area contributed by atoms with Gasteiger partial charge in [0.25, 0.3) is 0 Å². The lowest BCUT2D eigenvalue weighted by molar-refractivity contribution is 0.0301. The molecule has 0 amide bonds. The fourth-order valence-corrected chi connectivity index (χ4v) is 3.39. The fraction of sp³-hybridized carbons (Fsp3) is 1.00. The lowest BCUT2D eigenvalue weighted by atomic mass is 9.90. The summed E-state index contributed by atoms with van der Waals surface area (Å²) in [5.74, 6) is 0. The van der Waals surface area contributed by atoms with Crippen molar-refractivity contribution in [1.82, 2.24) is 9.80 Å². The van der Waals surface area contributed by atoms with E-state index < -0.39 is 0 Å². The van der Waals surface area contributed by atoms with Crippen LogP contribution in [0.3, 0.4) is 0 Å². The highest BCUT2D eigenvalue weighted by molar-refractivity contribution is 4.85. The molecule has 126 valence electrons. The van der Waals surface area contributed by atoms with Crippen molar-refractivity contribution < 1.29 is 0 Å². The van der Waals surface area contributed by atoms with Crippen molar-refractivity contribution in [2.75, 3.05) is 26.2 Å². The average Bonchev–Trinajstić information content (AvgIpc) is 2.24. The van der Waals surface area contributed by atoms with Gasteiger partial charge in [-0.25, -0.2) is 0 Å². The Morgan fingerprint density at radius 2 is 1.24 bits per heavy atom. The van der Waals surface area contributed by atoms with Gasteiger partial charge in [-0.1, -0.05) is 41.5 Å². The van der Waals surface area contributed by atoms with E-state index in [0.29, 0.717) is 22.9 Å². The Balaban J connectivity index is 2.39. The smallest absolute Gasteiger partial charge is 0.0198 e. The van der Waals surface area contributed by atoms with Gasteiger partial charge >= 0.3 is 0 Å². The summed E-state index contributed by atoms with van der Waals surface area (Å²) in [6, 6.07) is 1.40. The van der Waals surface area contributed by atoms with Gasteiger partial charge < -0.3 is 4.90 Å². The molecule has 0 bridgehead atoms. The van der Waals surface area contributed by atoms with Crippen LogP contribution < -0.4 is 0 Å². The van der Waals surface area contributed by atoms with Gasteiger partial charge in [-0.05, 0) is 57.0 Å². The van der Waals surface area contributed by atoms with Crippen LogP contribution in [0.5, 0.6) is 0 Å². The Morgan fingerprint density at radius 1 is 0.762 bits per heavy atom. The van der Waals surface area contributed by atoms with E-state index in [2.05, 4.69) is 65.2 Å². The lowest BCUT2D eigenvalue weighted by Crippen LogP contribution is -2.57. The zero-order valence-corrected chi connectivity index (χ0v) is 16.0. The molecule has 0 aliphatic carbocycles. The molecule has 0 aromatic heterocycles. The van der Waals surface area contributed by atoms with Gasteiger partial charge in [-0.2, -0.15) is 0 Å². The highest BCUT2D eigenvalue weighted by Gasteiger charge is 2.29. The molecule has 0 aromatic carbocycles. The Morgan fingerprint density at radius 3 is 1.67 bits per heavy atom. The molecule has 2 atom stereocenters. The summed E-state index contributed by atoms with van der Waals surface area (Å²) in [5, 5.41) is 0. The topological polar surface area (TPSA) is 6.48 Å². The van der Waals surface area contributed by atoms with Crippen LogP contribution in [0.1, 0.15) is 74.7 Å². The third kappa shape index (κ3) is 7.65. The zero-order chi connectivity index (χ0) is 16.3. The Labute approximate surface area is 134 Å². The minimum Gasteiger partial charge on any atom is -0.300 e. The van der Waals surface area contributed by atoms with E-state index in [9.17, 15) is 0 Å². The number of hydrogen-bond donors (Lipinski definition) is 0. The maximum Gasteiger partial charge on any atom is 0.0198 e. The average molecular weight is 297 g/mol. The quantitative estimate of drug-likeness (QED) is 0.729. The number of hydrogen-bond acceptors (Lipinski definition) is 2. The normalized spacial score (nSPS) is 26.3. The zero-order valence-electron chi connectivity index (χ0n) is 16.0. The van der Waals surface area contributed by atoms with Crippen LogP contribution in [-0.4, -0.2) is 48.1 Å². The third-order valence-corrected chi connectivity index (χ3v) is 4.70. The summed E-state index contributed by atoms with van der Waals surface area (Å²) in [5.41, 5.74) is 0.926. The van der Waals surface area contributed by atoms with Crippen molar-refractivity contribution in [3.05, 3.63) is 0 Å². The van der Waals surface area contributed by atoms with E-state index in [-0.39, 0.29) is 0 Å². The van der Waals surface area contributed by atoms with E-state index in [1.165, 1.54) is 45.4 Å². The van der Waals surface area contributed by atoms with Crippen molar-refractivity contribution in [2.45, 2.75) is 86.7 Å². The van der Waals surface area contributed by atoms with Gasteiger partial charge in [0.05, 0.1) is 0 Å². The maximum atomic E-state index is 2.73. The van der Waals surface area contributed by atoms with Gasteiger partial charge in [-0.3, -0.25) is 4.90 Å². The van der Waals surface area contributed by atoms with Gasteiger partial charge in [0, 0.05) is 25.2 Å². The molecule has 1 rings (SSSR count).